The van der Waals surface area contributed by atoms with Crippen molar-refractivity contribution < 1.29 is 37.5 Å². The Morgan fingerprint density at radius 1 is 0.919 bits per heavy atom. The topological polar surface area (TPSA) is 99.2 Å². The van der Waals surface area contributed by atoms with Crippen molar-refractivity contribution in [2.45, 2.75) is 31.0 Å². The number of carbonyl (C=O) groups excluding carboxylic acids is 3. The molecule has 2 fully saturated rings. The number of nitrogens with zero attached hydrogens (tertiary/aromatic N) is 2. The van der Waals surface area contributed by atoms with Crippen LogP contribution >= 0.6 is 0 Å². The highest BCUT2D eigenvalue weighted by molar-refractivity contribution is 5.88. The van der Waals surface area contributed by atoms with E-state index in [1.54, 1.807) is 28.6 Å². The van der Waals surface area contributed by atoms with E-state index in [0.29, 0.717) is 26.2 Å². The lowest BCUT2D eigenvalue weighted by Gasteiger charge is -2.45. The molecule has 2 aliphatic rings. The average Bonchev–Trinajstić information content (AvgIpc) is 2.92. The monoisotopic (exact) mass is 519 g/mol. The molecule has 198 valence electrons. The van der Waals surface area contributed by atoms with Crippen LogP contribution in [0.2, 0.25) is 0 Å². The Bertz CT molecular complexity index is 1110. The standard InChI is InChI=1S/C26H28F3N3O5/c27-26(28,29)24(35)37-25(18-7-3-1-4-8-18)12-11-20(21(17-25)22(33)30-36)23(34)32-15-13-31(14-16-32)19-9-5-2-6-10-19/h1-10,20-21,36H,11-17H2,(H,30,33)/t20-,21-,25+/m0/s1. The third kappa shape index (κ3) is 5.71. The number of para-hydroxylation sites is 1. The largest absolute Gasteiger partial charge is 0.490 e. The van der Waals surface area contributed by atoms with E-state index >= 15 is 0 Å². The molecule has 1 aliphatic carbocycles. The van der Waals surface area contributed by atoms with E-state index in [2.05, 4.69) is 4.90 Å². The summed E-state index contributed by atoms with van der Waals surface area (Å²) in [4.78, 5) is 41.9. The maximum atomic E-state index is 13.5. The van der Waals surface area contributed by atoms with E-state index in [0.717, 1.165) is 5.69 Å². The summed E-state index contributed by atoms with van der Waals surface area (Å²) in [7, 11) is 0. The van der Waals surface area contributed by atoms with Crippen molar-refractivity contribution in [2.24, 2.45) is 11.8 Å². The first-order valence-corrected chi connectivity index (χ1v) is 12.0. The van der Waals surface area contributed by atoms with Gasteiger partial charge in [0, 0.05) is 38.3 Å². The van der Waals surface area contributed by atoms with Gasteiger partial charge >= 0.3 is 12.1 Å². The second-order valence-electron chi connectivity index (χ2n) is 9.33. The summed E-state index contributed by atoms with van der Waals surface area (Å²) in [6, 6.07) is 17.6. The van der Waals surface area contributed by atoms with E-state index in [-0.39, 0.29) is 30.7 Å². The highest BCUT2D eigenvalue weighted by atomic mass is 19.4. The molecular weight excluding hydrogens is 491 g/mol. The van der Waals surface area contributed by atoms with Gasteiger partial charge in [0.1, 0.15) is 5.60 Å². The number of anilines is 1. The SMILES string of the molecule is O=C(NO)[C@H]1C[C@@](OC(=O)C(F)(F)F)(c2ccccc2)CC[C@@H]1C(=O)N1CCN(c2ccccc2)CC1. The summed E-state index contributed by atoms with van der Waals surface area (Å²) >= 11 is 0. The van der Waals surface area contributed by atoms with Gasteiger partial charge in [-0.25, -0.2) is 10.3 Å². The molecule has 0 unspecified atom stereocenters. The Morgan fingerprint density at radius 2 is 1.51 bits per heavy atom. The fourth-order valence-electron chi connectivity index (χ4n) is 5.29. The first-order chi connectivity index (χ1) is 17.6. The van der Waals surface area contributed by atoms with Crippen molar-refractivity contribution in [3.05, 3.63) is 66.2 Å². The lowest BCUT2D eigenvalue weighted by Crippen LogP contribution is -2.55. The Balaban J connectivity index is 1.55. The first-order valence-electron chi connectivity index (χ1n) is 12.0. The lowest BCUT2D eigenvalue weighted by molar-refractivity contribution is -0.221. The molecule has 2 aromatic rings. The maximum Gasteiger partial charge on any atom is 0.490 e. The molecule has 1 saturated carbocycles. The second-order valence-corrected chi connectivity index (χ2v) is 9.33. The van der Waals surface area contributed by atoms with Gasteiger partial charge in [-0.1, -0.05) is 48.5 Å². The third-order valence-corrected chi connectivity index (χ3v) is 7.19. The maximum absolute atomic E-state index is 13.5. The Hall–Kier alpha value is -3.60. The number of carbonyl (C=O) groups is 3. The van der Waals surface area contributed by atoms with E-state index in [4.69, 9.17) is 4.74 Å². The number of halogens is 3. The lowest BCUT2D eigenvalue weighted by atomic mass is 9.68. The van der Waals surface area contributed by atoms with Crippen molar-refractivity contribution in [1.29, 1.82) is 0 Å². The predicted octanol–water partition coefficient (Wildman–Crippen LogP) is 3.26. The number of hydrogen-bond acceptors (Lipinski definition) is 6. The van der Waals surface area contributed by atoms with E-state index in [1.807, 2.05) is 30.3 Å². The van der Waals surface area contributed by atoms with Crippen LogP contribution in [0.25, 0.3) is 0 Å². The van der Waals surface area contributed by atoms with Crippen LogP contribution in [0, 0.1) is 11.8 Å². The van der Waals surface area contributed by atoms with Crippen LogP contribution in [0.15, 0.2) is 60.7 Å². The Morgan fingerprint density at radius 3 is 2.08 bits per heavy atom. The molecule has 1 aliphatic heterocycles. The first kappa shape index (κ1) is 26.5. The predicted molar refractivity (Wildman–Crippen MR) is 126 cm³/mol. The number of amides is 2. The summed E-state index contributed by atoms with van der Waals surface area (Å²) in [5, 5.41) is 9.39. The minimum absolute atomic E-state index is 0.00412. The highest BCUT2D eigenvalue weighted by Gasteiger charge is 2.53. The number of esters is 1. The number of alkyl halides is 3. The molecule has 8 nitrogen and oxygen atoms in total. The molecule has 0 spiro atoms. The molecule has 11 heteroatoms. The van der Waals surface area contributed by atoms with Gasteiger partial charge in [-0.05, 0) is 30.5 Å². The summed E-state index contributed by atoms with van der Waals surface area (Å²) in [6.45, 7) is 1.97. The molecule has 3 atom stereocenters. The van der Waals surface area contributed by atoms with Crippen LogP contribution in [0.1, 0.15) is 24.8 Å². The number of hydroxylamine groups is 1. The minimum Gasteiger partial charge on any atom is -0.447 e. The van der Waals surface area contributed by atoms with Crippen LogP contribution < -0.4 is 10.4 Å². The van der Waals surface area contributed by atoms with Gasteiger partial charge in [0.15, 0.2) is 0 Å². The van der Waals surface area contributed by atoms with Gasteiger partial charge in [0.25, 0.3) is 0 Å². The van der Waals surface area contributed by atoms with Gasteiger partial charge in [-0.3, -0.25) is 14.8 Å². The van der Waals surface area contributed by atoms with Crippen LogP contribution in [0.4, 0.5) is 18.9 Å². The van der Waals surface area contributed by atoms with Gasteiger partial charge in [0.05, 0.1) is 11.8 Å². The number of rotatable bonds is 5. The van der Waals surface area contributed by atoms with Crippen molar-refractivity contribution >= 4 is 23.5 Å². The average molecular weight is 520 g/mol. The van der Waals surface area contributed by atoms with E-state index < -0.39 is 35.5 Å². The molecule has 0 aromatic heterocycles. The summed E-state index contributed by atoms with van der Waals surface area (Å²) < 4.78 is 44.5. The fourth-order valence-corrected chi connectivity index (χ4v) is 5.29. The van der Waals surface area contributed by atoms with Gasteiger partial charge in [-0.15, -0.1) is 0 Å². The summed E-state index contributed by atoms with van der Waals surface area (Å²) in [5.41, 5.74) is 1.07. The highest BCUT2D eigenvalue weighted by Crippen LogP contribution is 2.47. The number of benzene rings is 2. The fraction of sp³-hybridized carbons (Fsp3) is 0.423. The second kappa shape index (κ2) is 10.8. The number of nitrogens with one attached hydrogen (secondary N) is 1. The zero-order valence-electron chi connectivity index (χ0n) is 20.0. The smallest absolute Gasteiger partial charge is 0.447 e. The van der Waals surface area contributed by atoms with Gasteiger partial charge in [-0.2, -0.15) is 13.2 Å². The number of ether oxygens (including phenoxy) is 1. The molecule has 1 heterocycles. The van der Waals surface area contributed by atoms with Crippen LogP contribution in [-0.4, -0.2) is 60.2 Å². The number of hydrogen-bond donors (Lipinski definition) is 2. The quantitative estimate of drug-likeness (QED) is 0.358. The van der Waals surface area contributed by atoms with Crippen molar-refractivity contribution in [3.8, 4) is 0 Å². The van der Waals surface area contributed by atoms with Crippen molar-refractivity contribution in [3.63, 3.8) is 0 Å². The summed E-state index contributed by atoms with van der Waals surface area (Å²) in [5.74, 6) is -5.70. The van der Waals surface area contributed by atoms with Gasteiger partial charge in [0.2, 0.25) is 11.8 Å². The van der Waals surface area contributed by atoms with Crippen LogP contribution in [0.5, 0.6) is 0 Å². The molecular formula is C26H28F3N3O5. The minimum atomic E-state index is -5.23. The zero-order chi connectivity index (χ0) is 26.6. The normalized spacial score (nSPS) is 24.3. The van der Waals surface area contributed by atoms with E-state index in [9.17, 15) is 32.8 Å². The van der Waals surface area contributed by atoms with Crippen molar-refractivity contribution in [2.75, 3.05) is 31.1 Å². The zero-order valence-corrected chi connectivity index (χ0v) is 20.0. The Kier molecular flexibility index (Phi) is 7.72. The molecule has 37 heavy (non-hydrogen) atoms. The van der Waals surface area contributed by atoms with Crippen LogP contribution in [0.3, 0.4) is 0 Å². The van der Waals surface area contributed by atoms with E-state index in [1.165, 1.54) is 12.1 Å². The molecule has 0 radical (unpaired) electrons. The molecule has 2 amide bonds. The third-order valence-electron chi connectivity index (χ3n) is 7.19. The Labute approximate surface area is 211 Å². The van der Waals surface area contributed by atoms with Crippen LogP contribution in [-0.2, 0) is 24.7 Å². The van der Waals surface area contributed by atoms with Crippen molar-refractivity contribution in [1.82, 2.24) is 10.4 Å². The molecule has 2 N–H and O–H groups in total. The molecule has 2 aromatic carbocycles. The molecule has 0 bridgehead atoms. The summed E-state index contributed by atoms with van der Waals surface area (Å²) in [6.07, 6.45) is -5.71. The molecule has 4 rings (SSSR count). The van der Waals surface area contributed by atoms with Gasteiger partial charge < -0.3 is 14.5 Å². The molecule has 1 saturated heterocycles. The number of piperazine rings is 1.